The molecule has 0 aliphatic heterocycles. The van der Waals surface area contributed by atoms with E-state index in [1.54, 1.807) is 0 Å². The van der Waals surface area contributed by atoms with Gasteiger partial charge in [0.15, 0.2) is 0 Å². The quantitative estimate of drug-likeness (QED) is 0.182. The number of aryl methyl sites for hydroxylation is 1. The van der Waals surface area contributed by atoms with Gasteiger partial charge in [0.1, 0.15) is 11.5 Å². The zero-order valence-corrected chi connectivity index (χ0v) is 21.8. The summed E-state index contributed by atoms with van der Waals surface area (Å²) in [7, 11) is 0. The molecule has 0 aromatic heterocycles. The first-order valence-electron chi connectivity index (χ1n) is 14.2. The standard InChI is InChI=1S/C32H50O/c1-3-5-7-9-11-12-13-14-16-21-27-31-29(23-18-15-10-8-6-4-2)24-22-28-32(31)33-30-25-19-17-20-26-30/h17,19-20,22,24-26,28H,3-16,18,21,23,27H2,1-2H3. The van der Waals surface area contributed by atoms with E-state index in [1.165, 1.54) is 120 Å². The molecule has 1 heteroatoms. The van der Waals surface area contributed by atoms with Crippen molar-refractivity contribution in [3.8, 4) is 11.5 Å². The minimum atomic E-state index is 0.943. The van der Waals surface area contributed by atoms with Crippen molar-refractivity contribution in [1.29, 1.82) is 0 Å². The maximum atomic E-state index is 6.35. The Hall–Kier alpha value is -1.76. The van der Waals surface area contributed by atoms with E-state index in [-0.39, 0.29) is 0 Å². The van der Waals surface area contributed by atoms with Crippen LogP contribution in [0, 0.1) is 0 Å². The second-order valence-electron chi connectivity index (χ2n) is 9.76. The van der Waals surface area contributed by atoms with E-state index in [0.717, 1.165) is 17.9 Å². The molecule has 0 aliphatic rings. The summed E-state index contributed by atoms with van der Waals surface area (Å²) in [6.45, 7) is 4.58. The van der Waals surface area contributed by atoms with Gasteiger partial charge in [-0.25, -0.2) is 0 Å². The van der Waals surface area contributed by atoms with Gasteiger partial charge in [0.05, 0.1) is 0 Å². The summed E-state index contributed by atoms with van der Waals surface area (Å²) in [6, 6.07) is 17.0. The number of ether oxygens (including phenoxy) is 1. The van der Waals surface area contributed by atoms with E-state index in [9.17, 15) is 0 Å². The second-order valence-corrected chi connectivity index (χ2v) is 9.76. The Kier molecular flexibility index (Phi) is 15.5. The van der Waals surface area contributed by atoms with Crippen LogP contribution in [0.15, 0.2) is 48.5 Å². The number of hydrogen-bond acceptors (Lipinski definition) is 1. The largest absolute Gasteiger partial charge is 0.457 e. The molecule has 33 heavy (non-hydrogen) atoms. The van der Waals surface area contributed by atoms with E-state index in [0.29, 0.717) is 0 Å². The number of unbranched alkanes of at least 4 members (excludes halogenated alkanes) is 14. The van der Waals surface area contributed by atoms with Crippen LogP contribution in [-0.2, 0) is 12.8 Å². The summed E-state index contributed by atoms with van der Waals surface area (Å²) in [5.74, 6) is 2.01. The average molecular weight is 451 g/mol. The molecule has 0 aliphatic carbocycles. The molecule has 0 saturated heterocycles. The fourth-order valence-electron chi connectivity index (χ4n) is 4.73. The van der Waals surface area contributed by atoms with Crippen molar-refractivity contribution in [2.45, 2.75) is 129 Å². The predicted octanol–water partition coefficient (Wildman–Crippen LogP) is 10.8. The van der Waals surface area contributed by atoms with Gasteiger partial charge in [-0.2, -0.15) is 0 Å². The lowest BCUT2D eigenvalue weighted by molar-refractivity contribution is 0.472. The first-order valence-corrected chi connectivity index (χ1v) is 14.2. The van der Waals surface area contributed by atoms with Crippen LogP contribution in [0.2, 0.25) is 0 Å². The van der Waals surface area contributed by atoms with Gasteiger partial charge in [0.25, 0.3) is 0 Å². The number of hydrogen-bond donors (Lipinski definition) is 0. The van der Waals surface area contributed by atoms with Crippen LogP contribution in [0.25, 0.3) is 0 Å². The second kappa shape index (κ2) is 18.6. The molecular formula is C32H50O. The van der Waals surface area contributed by atoms with Gasteiger partial charge in [0.2, 0.25) is 0 Å². The normalized spacial score (nSPS) is 11.1. The molecule has 0 fully saturated rings. The minimum Gasteiger partial charge on any atom is -0.457 e. The van der Waals surface area contributed by atoms with Gasteiger partial charge in [-0.1, -0.05) is 134 Å². The average Bonchev–Trinajstić information content (AvgIpc) is 2.84. The van der Waals surface area contributed by atoms with Crippen LogP contribution in [0.1, 0.15) is 128 Å². The van der Waals surface area contributed by atoms with E-state index in [1.807, 2.05) is 6.07 Å². The summed E-state index contributed by atoms with van der Waals surface area (Å²) in [5, 5.41) is 0. The highest BCUT2D eigenvalue weighted by atomic mass is 16.5. The Bertz CT molecular complexity index is 706. The topological polar surface area (TPSA) is 9.23 Å². The molecule has 0 spiro atoms. The fourth-order valence-corrected chi connectivity index (χ4v) is 4.73. The lowest BCUT2D eigenvalue weighted by Crippen LogP contribution is -1.99. The molecule has 0 bridgehead atoms. The Morgan fingerprint density at radius 3 is 1.58 bits per heavy atom. The summed E-state index contributed by atoms with van der Waals surface area (Å²) in [5.41, 5.74) is 2.96. The Morgan fingerprint density at radius 1 is 0.485 bits per heavy atom. The van der Waals surface area contributed by atoms with Crippen molar-refractivity contribution in [2.75, 3.05) is 0 Å². The third-order valence-electron chi connectivity index (χ3n) is 6.78. The van der Waals surface area contributed by atoms with Gasteiger partial charge in [-0.05, 0) is 55.0 Å². The van der Waals surface area contributed by atoms with Crippen LogP contribution >= 0.6 is 0 Å². The highest BCUT2D eigenvalue weighted by molar-refractivity contribution is 5.43. The predicted molar refractivity (Wildman–Crippen MR) is 146 cm³/mol. The van der Waals surface area contributed by atoms with Gasteiger partial charge >= 0.3 is 0 Å². The van der Waals surface area contributed by atoms with Gasteiger partial charge in [-0.15, -0.1) is 0 Å². The van der Waals surface area contributed by atoms with E-state index >= 15 is 0 Å². The van der Waals surface area contributed by atoms with Crippen molar-refractivity contribution in [2.24, 2.45) is 0 Å². The van der Waals surface area contributed by atoms with E-state index in [4.69, 9.17) is 4.74 Å². The van der Waals surface area contributed by atoms with E-state index < -0.39 is 0 Å². The highest BCUT2D eigenvalue weighted by Gasteiger charge is 2.11. The Balaban J connectivity index is 1.84. The third kappa shape index (κ3) is 12.3. The van der Waals surface area contributed by atoms with Crippen molar-refractivity contribution in [3.63, 3.8) is 0 Å². The molecule has 2 aromatic carbocycles. The van der Waals surface area contributed by atoms with Crippen LogP contribution in [0.3, 0.4) is 0 Å². The lowest BCUT2D eigenvalue weighted by atomic mass is 9.95. The van der Waals surface area contributed by atoms with Crippen molar-refractivity contribution in [3.05, 3.63) is 59.7 Å². The van der Waals surface area contributed by atoms with Gasteiger partial charge in [-0.3, -0.25) is 0 Å². The number of benzene rings is 2. The van der Waals surface area contributed by atoms with Crippen LogP contribution < -0.4 is 4.74 Å². The van der Waals surface area contributed by atoms with E-state index in [2.05, 4.69) is 56.3 Å². The molecule has 2 rings (SSSR count). The van der Waals surface area contributed by atoms with Gasteiger partial charge < -0.3 is 4.74 Å². The smallest absolute Gasteiger partial charge is 0.130 e. The maximum Gasteiger partial charge on any atom is 0.130 e. The molecule has 0 atom stereocenters. The van der Waals surface area contributed by atoms with Crippen molar-refractivity contribution in [1.82, 2.24) is 0 Å². The molecule has 1 nitrogen and oxygen atoms in total. The third-order valence-corrected chi connectivity index (χ3v) is 6.78. The van der Waals surface area contributed by atoms with Crippen LogP contribution in [-0.4, -0.2) is 0 Å². The molecule has 0 radical (unpaired) electrons. The van der Waals surface area contributed by atoms with Gasteiger partial charge in [0, 0.05) is 0 Å². The molecule has 0 saturated carbocycles. The SMILES string of the molecule is CCCCCCCCCCCCc1c(CCCCCCCC)cccc1Oc1ccccc1. The zero-order chi connectivity index (χ0) is 23.4. The van der Waals surface area contributed by atoms with Crippen molar-refractivity contribution >= 4 is 0 Å². The molecule has 0 unspecified atom stereocenters. The molecule has 0 heterocycles. The fraction of sp³-hybridized carbons (Fsp3) is 0.625. The molecule has 0 N–H and O–H groups in total. The summed E-state index contributed by atoms with van der Waals surface area (Å²) in [4.78, 5) is 0. The molecule has 184 valence electrons. The molecule has 0 amide bonds. The lowest BCUT2D eigenvalue weighted by Gasteiger charge is -2.16. The molecular weight excluding hydrogens is 400 g/mol. The number of para-hydroxylation sites is 1. The van der Waals surface area contributed by atoms with Crippen LogP contribution in [0.4, 0.5) is 0 Å². The van der Waals surface area contributed by atoms with Crippen molar-refractivity contribution < 1.29 is 4.74 Å². The first-order chi connectivity index (χ1) is 16.3. The Morgan fingerprint density at radius 2 is 1.00 bits per heavy atom. The summed E-state index contributed by atoms with van der Waals surface area (Å²) < 4.78 is 6.35. The molecule has 2 aromatic rings. The monoisotopic (exact) mass is 450 g/mol. The Labute approximate surface area is 205 Å². The van der Waals surface area contributed by atoms with Crippen LogP contribution in [0.5, 0.6) is 11.5 Å². The zero-order valence-electron chi connectivity index (χ0n) is 21.8. The maximum absolute atomic E-state index is 6.35. The summed E-state index contributed by atoms with van der Waals surface area (Å²) in [6.07, 6.45) is 24.3. The number of rotatable bonds is 20. The first kappa shape index (κ1) is 27.5. The highest BCUT2D eigenvalue weighted by Crippen LogP contribution is 2.30. The summed E-state index contributed by atoms with van der Waals surface area (Å²) >= 11 is 0. The minimum absolute atomic E-state index is 0.943.